The second kappa shape index (κ2) is 9.32. The van der Waals surface area contributed by atoms with E-state index in [9.17, 15) is 4.79 Å². The number of carbonyl (C=O) groups excluding carboxylic acids is 1. The number of benzene rings is 1. The van der Waals surface area contributed by atoms with Gasteiger partial charge in [-0.2, -0.15) is 0 Å². The molecule has 0 spiro atoms. The minimum absolute atomic E-state index is 0. The van der Waals surface area contributed by atoms with Gasteiger partial charge in [-0.05, 0) is 31.4 Å². The molecule has 0 radical (unpaired) electrons. The Kier molecular flexibility index (Phi) is 7.41. The minimum Gasteiger partial charge on any atom is -0.334 e. The van der Waals surface area contributed by atoms with Gasteiger partial charge in [0.25, 0.3) is 5.91 Å². The molecule has 136 valence electrons. The monoisotopic (exact) mass is 379 g/mol. The second-order valence-electron chi connectivity index (χ2n) is 6.30. The predicted octanol–water partition coefficient (Wildman–Crippen LogP) is 3.86. The van der Waals surface area contributed by atoms with Gasteiger partial charge in [0, 0.05) is 30.3 Å². The Hall–Kier alpha value is -1.43. The summed E-state index contributed by atoms with van der Waals surface area (Å²) < 4.78 is 0. The van der Waals surface area contributed by atoms with Gasteiger partial charge in [-0.25, -0.2) is 4.98 Å². The van der Waals surface area contributed by atoms with Crippen LogP contribution in [-0.2, 0) is 6.42 Å². The Bertz CT molecular complexity index is 676. The first kappa shape index (κ1) is 19.9. The van der Waals surface area contributed by atoms with Crippen LogP contribution < -0.4 is 5.73 Å². The van der Waals surface area contributed by atoms with Crippen LogP contribution in [0.15, 0.2) is 35.7 Å². The molecule has 0 bridgehead atoms. The van der Waals surface area contributed by atoms with Crippen molar-refractivity contribution in [3.63, 3.8) is 0 Å². The fraction of sp³-hybridized carbons (Fsp3) is 0.474. The van der Waals surface area contributed by atoms with E-state index in [1.165, 1.54) is 16.9 Å². The molecule has 2 N–H and O–H groups in total. The summed E-state index contributed by atoms with van der Waals surface area (Å²) in [5.41, 5.74) is 7.49. The standard InChI is InChI=1S/C19H25N3OS.ClH/c1-2-15(14-7-4-3-5-8-14)17-9-6-12-22(17)19(23)16-13-24-18(21-16)10-11-20;/h3-5,7-8,13,15,17H,2,6,9-12,20H2,1H3;1H. The summed E-state index contributed by atoms with van der Waals surface area (Å²) >= 11 is 1.53. The highest BCUT2D eigenvalue weighted by atomic mass is 35.5. The summed E-state index contributed by atoms with van der Waals surface area (Å²) in [6.45, 7) is 3.61. The maximum atomic E-state index is 13.0. The van der Waals surface area contributed by atoms with Gasteiger partial charge in [0.1, 0.15) is 5.69 Å². The van der Waals surface area contributed by atoms with E-state index in [4.69, 9.17) is 5.73 Å². The average Bonchev–Trinajstić information content (AvgIpc) is 3.26. The molecule has 2 unspecified atom stereocenters. The average molecular weight is 380 g/mol. The number of rotatable bonds is 6. The van der Waals surface area contributed by atoms with Crippen LogP contribution in [0, 0.1) is 0 Å². The van der Waals surface area contributed by atoms with Crippen molar-refractivity contribution in [2.75, 3.05) is 13.1 Å². The molecule has 6 heteroatoms. The zero-order valence-electron chi connectivity index (χ0n) is 14.6. The molecule has 3 rings (SSSR count). The normalized spacial score (nSPS) is 18.0. The first-order valence-electron chi connectivity index (χ1n) is 8.75. The molecular formula is C19H26ClN3OS. The summed E-state index contributed by atoms with van der Waals surface area (Å²) in [5, 5.41) is 2.83. The fourth-order valence-corrected chi connectivity index (χ4v) is 4.48. The molecule has 4 nitrogen and oxygen atoms in total. The summed E-state index contributed by atoms with van der Waals surface area (Å²) in [6.07, 6.45) is 3.91. The van der Waals surface area contributed by atoms with Gasteiger partial charge in [-0.15, -0.1) is 23.7 Å². The summed E-state index contributed by atoms with van der Waals surface area (Å²) in [7, 11) is 0. The molecule has 1 aliphatic rings. The van der Waals surface area contributed by atoms with Crippen LogP contribution in [0.25, 0.3) is 0 Å². The summed E-state index contributed by atoms with van der Waals surface area (Å²) in [4.78, 5) is 19.5. The topological polar surface area (TPSA) is 59.2 Å². The third-order valence-corrected chi connectivity index (χ3v) is 5.73. The van der Waals surface area contributed by atoms with Crippen molar-refractivity contribution >= 4 is 29.7 Å². The van der Waals surface area contributed by atoms with Gasteiger partial charge >= 0.3 is 0 Å². The number of likely N-dealkylation sites (tertiary alicyclic amines) is 1. The Morgan fingerprint density at radius 3 is 2.84 bits per heavy atom. The number of thiazole rings is 1. The molecule has 2 heterocycles. The lowest BCUT2D eigenvalue weighted by atomic mass is 9.87. The molecule has 2 aromatic rings. The first-order chi connectivity index (χ1) is 11.7. The zero-order chi connectivity index (χ0) is 16.9. The molecule has 1 amide bonds. The lowest BCUT2D eigenvalue weighted by Gasteiger charge is -2.31. The highest BCUT2D eigenvalue weighted by Crippen LogP contribution is 2.34. The van der Waals surface area contributed by atoms with Crippen molar-refractivity contribution in [2.45, 2.75) is 44.6 Å². The van der Waals surface area contributed by atoms with Crippen LogP contribution in [0.2, 0.25) is 0 Å². The van der Waals surface area contributed by atoms with Crippen LogP contribution >= 0.6 is 23.7 Å². The van der Waals surface area contributed by atoms with Crippen molar-refractivity contribution in [3.05, 3.63) is 52.0 Å². The predicted molar refractivity (Wildman–Crippen MR) is 106 cm³/mol. The van der Waals surface area contributed by atoms with Crippen molar-refractivity contribution in [1.29, 1.82) is 0 Å². The Balaban J connectivity index is 0.00000225. The molecule has 2 atom stereocenters. The van der Waals surface area contributed by atoms with Gasteiger partial charge in [-0.3, -0.25) is 4.79 Å². The van der Waals surface area contributed by atoms with E-state index in [0.29, 0.717) is 18.2 Å². The van der Waals surface area contributed by atoms with E-state index >= 15 is 0 Å². The van der Waals surface area contributed by atoms with Gasteiger partial charge in [0.2, 0.25) is 0 Å². The molecule has 0 aliphatic carbocycles. The maximum absolute atomic E-state index is 13.0. The first-order valence-corrected chi connectivity index (χ1v) is 9.63. The van der Waals surface area contributed by atoms with E-state index in [1.807, 2.05) is 16.3 Å². The van der Waals surface area contributed by atoms with Crippen molar-refractivity contribution in [3.8, 4) is 0 Å². The largest absolute Gasteiger partial charge is 0.334 e. The highest BCUT2D eigenvalue weighted by Gasteiger charge is 2.35. The van der Waals surface area contributed by atoms with Gasteiger partial charge < -0.3 is 10.6 Å². The van der Waals surface area contributed by atoms with Crippen molar-refractivity contribution in [2.24, 2.45) is 5.73 Å². The van der Waals surface area contributed by atoms with Crippen molar-refractivity contribution in [1.82, 2.24) is 9.88 Å². The molecule has 0 saturated carbocycles. The molecule has 1 aromatic carbocycles. The second-order valence-corrected chi connectivity index (χ2v) is 7.24. The van der Waals surface area contributed by atoms with Crippen LogP contribution in [0.5, 0.6) is 0 Å². The molecule has 1 fully saturated rings. The summed E-state index contributed by atoms with van der Waals surface area (Å²) in [5.74, 6) is 0.464. The fourth-order valence-electron chi connectivity index (χ4n) is 3.69. The van der Waals surface area contributed by atoms with Crippen LogP contribution in [0.4, 0.5) is 0 Å². The lowest BCUT2D eigenvalue weighted by Crippen LogP contribution is -2.39. The Morgan fingerprint density at radius 2 is 2.16 bits per heavy atom. The number of nitrogens with zero attached hydrogens (tertiary/aromatic N) is 2. The SMILES string of the molecule is CCC(c1ccccc1)C1CCCN1C(=O)c1csc(CCN)n1.Cl. The minimum atomic E-state index is 0. The van der Waals surface area contributed by atoms with Crippen LogP contribution in [0.1, 0.15) is 53.2 Å². The van der Waals surface area contributed by atoms with Gasteiger partial charge in [0.05, 0.1) is 5.01 Å². The van der Waals surface area contributed by atoms with Gasteiger partial charge in [0.15, 0.2) is 0 Å². The molecule has 1 aromatic heterocycles. The number of carbonyl (C=O) groups is 1. The third kappa shape index (κ3) is 4.40. The molecule has 25 heavy (non-hydrogen) atoms. The molecular weight excluding hydrogens is 354 g/mol. The quantitative estimate of drug-likeness (QED) is 0.828. The lowest BCUT2D eigenvalue weighted by molar-refractivity contribution is 0.0709. The number of halogens is 1. The van der Waals surface area contributed by atoms with E-state index in [2.05, 4.69) is 36.2 Å². The number of hydrogen-bond donors (Lipinski definition) is 1. The van der Waals surface area contributed by atoms with E-state index in [-0.39, 0.29) is 24.4 Å². The van der Waals surface area contributed by atoms with Crippen molar-refractivity contribution < 1.29 is 4.79 Å². The highest BCUT2D eigenvalue weighted by molar-refractivity contribution is 7.09. The van der Waals surface area contributed by atoms with E-state index < -0.39 is 0 Å². The van der Waals surface area contributed by atoms with Gasteiger partial charge in [-0.1, -0.05) is 37.3 Å². The smallest absolute Gasteiger partial charge is 0.273 e. The van der Waals surface area contributed by atoms with E-state index in [1.54, 1.807) is 0 Å². The molecule has 1 aliphatic heterocycles. The maximum Gasteiger partial charge on any atom is 0.273 e. The van der Waals surface area contributed by atoms with Crippen LogP contribution in [0.3, 0.4) is 0 Å². The Morgan fingerprint density at radius 1 is 1.40 bits per heavy atom. The number of hydrogen-bond acceptors (Lipinski definition) is 4. The molecule has 1 saturated heterocycles. The third-order valence-electron chi connectivity index (χ3n) is 4.82. The van der Waals surface area contributed by atoms with Crippen LogP contribution in [-0.4, -0.2) is 34.9 Å². The summed E-state index contributed by atoms with van der Waals surface area (Å²) in [6, 6.07) is 10.8. The Labute approximate surface area is 159 Å². The number of amides is 1. The number of nitrogens with two attached hydrogens (primary N) is 1. The number of aromatic nitrogens is 1. The zero-order valence-corrected chi connectivity index (χ0v) is 16.2. The van der Waals surface area contributed by atoms with E-state index in [0.717, 1.165) is 37.2 Å².